The van der Waals surface area contributed by atoms with E-state index in [4.69, 9.17) is 18.9 Å². The largest absolute Gasteiger partial charge is 0.464 e. The highest BCUT2D eigenvalue weighted by molar-refractivity contribution is 5.71. The molecule has 0 aliphatic heterocycles. The van der Waals surface area contributed by atoms with E-state index in [2.05, 4.69) is 42.6 Å². The van der Waals surface area contributed by atoms with Crippen LogP contribution in [0.5, 0.6) is 11.5 Å². The van der Waals surface area contributed by atoms with E-state index in [0.717, 1.165) is 23.4 Å². The first-order valence-electron chi connectivity index (χ1n) is 8.16. The summed E-state index contributed by atoms with van der Waals surface area (Å²) in [4.78, 5) is 0. The van der Waals surface area contributed by atoms with Crippen LogP contribution in [0.15, 0.2) is 42.5 Å². The second kappa shape index (κ2) is 10.4. The fourth-order valence-corrected chi connectivity index (χ4v) is 2.21. The minimum atomic E-state index is 0.155. The molecule has 0 radical (unpaired) electrons. The zero-order valence-corrected chi connectivity index (χ0v) is 15.0. The summed E-state index contributed by atoms with van der Waals surface area (Å²) in [5.74, 6) is 1.23. The van der Waals surface area contributed by atoms with Crippen molar-refractivity contribution in [2.24, 2.45) is 0 Å². The standard InChI is InChI=1S/C20H25NO4/c1-4-21-18-10-7-16(8-11-18)5-6-17-9-12-19(24-14-22-2)20(13-17)25-15-23-3/h5-13,21H,4,14-15H2,1-3H3/b6-5+. The molecule has 5 heteroatoms. The maximum absolute atomic E-state index is 5.57. The Morgan fingerprint density at radius 3 is 2.04 bits per heavy atom. The number of rotatable bonds is 10. The van der Waals surface area contributed by atoms with Gasteiger partial charge in [0.05, 0.1) is 0 Å². The summed E-state index contributed by atoms with van der Waals surface area (Å²) in [7, 11) is 3.16. The number of anilines is 1. The summed E-state index contributed by atoms with van der Waals surface area (Å²) in [6, 6.07) is 14.0. The SMILES string of the molecule is CCNc1ccc(/C=C/c2ccc(OCOC)c(OCOC)c2)cc1. The van der Waals surface area contributed by atoms with Gasteiger partial charge in [-0.3, -0.25) is 0 Å². The molecule has 0 unspecified atom stereocenters. The monoisotopic (exact) mass is 343 g/mol. The van der Waals surface area contributed by atoms with Crippen molar-refractivity contribution in [1.82, 2.24) is 0 Å². The normalized spacial score (nSPS) is 10.8. The summed E-state index contributed by atoms with van der Waals surface area (Å²) in [5.41, 5.74) is 3.25. The number of methoxy groups -OCH3 is 2. The number of benzene rings is 2. The van der Waals surface area contributed by atoms with Crippen molar-refractivity contribution < 1.29 is 18.9 Å². The molecule has 0 saturated carbocycles. The van der Waals surface area contributed by atoms with Gasteiger partial charge >= 0.3 is 0 Å². The Hall–Kier alpha value is -2.50. The van der Waals surface area contributed by atoms with E-state index in [1.807, 2.05) is 24.3 Å². The number of hydrogen-bond donors (Lipinski definition) is 1. The minimum absolute atomic E-state index is 0.155. The number of ether oxygens (including phenoxy) is 4. The van der Waals surface area contributed by atoms with Crippen LogP contribution in [0.1, 0.15) is 18.1 Å². The Kier molecular flexibility index (Phi) is 7.82. The predicted molar refractivity (Wildman–Crippen MR) is 101 cm³/mol. The lowest BCUT2D eigenvalue weighted by molar-refractivity contribution is 0.0322. The third kappa shape index (κ3) is 6.14. The first-order chi connectivity index (χ1) is 12.3. The number of nitrogens with one attached hydrogen (secondary N) is 1. The smallest absolute Gasteiger partial charge is 0.188 e. The molecular weight excluding hydrogens is 318 g/mol. The molecule has 2 rings (SSSR count). The molecule has 2 aromatic rings. The Morgan fingerprint density at radius 1 is 0.800 bits per heavy atom. The van der Waals surface area contributed by atoms with E-state index >= 15 is 0 Å². The highest BCUT2D eigenvalue weighted by Gasteiger charge is 2.06. The fraction of sp³-hybridized carbons (Fsp3) is 0.300. The highest BCUT2D eigenvalue weighted by Crippen LogP contribution is 2.29. The van der Waals surface area contributed by atoms with Gasteiger partial charge in [0.15, 0.2) is 25.1 Å². The van der Waals surface area contributed by atoms with E-state index in [1.54, 1.807) is 14.2 Å². The van der Waals surface area contributed by atoms with Crippen molar-refractivity contribution in [3.05, 3.63) is 53.6 Å². The topological polar surface area (TPSA) is 49.0 Å². The van der Waals surface area contributed by atoms with Crippen LogP contribution in [0.4, 0.5) is 5.69 Å². The van der Waals surface area contributed by atoms with E-state index in [-0.39, 0.29) is 13.6 Å². The molecule has 0 atom stereocenters. The minimum Gasteiger partial charge on any atom is -0.464 e. The van der Waals surface area contributed by atoms with Crippen molar-refractivity contribution >= 4 is 17.8 Å². The van der Waals surface area contributed by atoms with Crippen LogP contribution in [0.25, 0.3) is 12.2 Å². The van der Waals surface area contributed by atoms with Crippen molar-refractivity contribution in [2.75, 3.05) is 39.7 Å². The first kappa shape index (κ1) is 18.8. The van der Waals surface area contributed by atoms with Gasteiger partial charge in [0, 0.05) is 26.5 Å². The highest BCUT2D eigenvalue weighted by atomic mass is 16.7. The molecule has 1 N–H and O–H groups in total. The molecular formula is C20H25NO4. The second-order valence-electron chi connectivity index (χ2n) is 5.29. The molecule has 2 aromatic carbocycles. The zero-order valence-electron chi connectivity index (χ0n) is 15.0. The molecule has 0 amide bonds. The fourth-order valence-electron chi connectivity index (χ4n) is 2.21. The van der Waals surface area contributed by atoms with Crippen LogP contribution in [-0.2, 0) is 9.47 Å². The van der Waals surface area contributed by atoms with Crippen LogP contribution in [-0.4, -0.2) is 34.4 Å². The Bertz CT molecular complexity index is 668. The van der Waals surface area contributed by atoms with Gasteiger partial charge in [0.25, 0.3) is 0 Å². The molecule has 134 valence electrons. The summed E-state index contributed by atoms with van der Waals surface area (Å²) in [6.45, 7) is 3.31. The summed E-state index contributed by atoms with van der Waals surface area (Å²) in [5, 5.41) is 3.28. The van der Waals surface area contributed by atoms with Crippen molar-refractivity contribution in [2.45, 2.75) is 6.92 Å². The molecule has 0 heterocycles. The van der Waals surface area contributed by atoms with E-state index < -0.39 is 0 Å². The van der Waals surface area contributed by atoms with Crippen molar-refractivity contribution in [3.63, 3.8) is 0 Å². The van der Waals surface area contributed by atoms with Gasteiger partial charge in [-0.05, 0) is 42.3 Å². The molecule has 25 heavy (non-hydrogen) atoms. The van der Waals surface area contributed by atoms with Crippen molar-refractivity contribution in [1.29, 1.82) is 0 Å². The van der Waals surface area contributed by atoms with Gasteiger partial charge in [0.1, 0.15) is 0 Å². The van der Waals surface area contributed by atoms with Gasteiger partial charge in [0.2, 0.25) is 0 Å². The molecule has 0 fully saturated rings. The molecule has 0 saturated heterocycles. The molecule has 0 spiro atoms. The first-order valence-corrected chi connectivity index (χ1v) is 8.16. The van der Waals surface area contributed by atoms with Gasteiger partial charge in [-0.2, -0.15) is 0 Å². The molecule has 5 nitrogen and oxygen atoms in total. The Labute approximate surface area is 149 Å². The summed E-state index contributed by atoms with van der Waals surface area (Å²) in [6.07, 6.45) is 4.09. The Balaban J connectivity index is 2.11. The average molecular weight is 343 g/mol. The third-order valence-corrected chi connectivity index (χ3v) is 3.39. The zero-order chi connectivity index (χ0) is 17.9. The van der Waals surface area contributed by atoms with Crippen LogP contribution in [0.2, 0.25) is 0 Å². The van der Waals surface area contributed by atoms with Gasteiger partial charge in [-0.1, -0.05) is 30.4 Å². The third-order valence-electron chi connectivity index (χ3n) is 3.39. The van der Waals surface area contributed by atoms with Crippen LogP contribution in [0, 0.1) is 0 Å². The van der Waals surface area contributed by atoms with E-state index in [1.165, 1.54) is 0 Å². The lowest BCUT2D eigenvalue weighted by Gasteiger charge is -2.12. The van der Waals surface area contributed by atoms with Gasteiger partial charge in [-0.25, -0.2) is 0 Å². The lowest BCUT2D eigenvalue weighted by Crippen LogP contribution is -2.04. The second-order valence-corrected chi connectivity index (χ2v) is 5.29. The maximum Gasteiger partial charge on any atom is 0.188 e. The molecule has 0 bridgehead atoms. The molecule has 0 aromatic heterocycles. The predicted octanol–water partition coefficient (Wildman–Crippen LogP) is 4.25. The summed E-state index contributed by atoms with van der Waals surface area (Å²) < 4.78 is 21.0. The Morgan fingerprint density at radius 2 is 1.40 bits per heavy atom. The van der Waals surface area contributed by atoms with E-state index in [0.29, 0.717) is 11.5 Å². The average Bonchev–Trinajstić information content (AvgIpc) is 2.65. The summed E-state index contributed by atoms with van der Waals surface area (Å²) >= 11 is 0. The quantitative estimate of drug-likeness (QED) is 0.516. The van der Waals surface area contributed by atoms with E-state index in [9.17, 15) is 0 Å². The van der Waals surface area contributed by atoms with Crippen LogP contribution >= 0.6 is 0 Å². The van der Waals surface area contributed by atoms with Gasteiger partial charge < -0.3 is 24.3 Å². The lowest BCUT2D eigenvalue weighted by atomic mass is 10.1. The molecule has 0 aliphatic carbocycles. The number of hydrogen-bond acceptors (Lipinski definition) is 5. The maximum atomic E-state index is 5.57. The van der Waals surface area contributed by atoms with Crippen molar-refractivity contribution in [3.8, 4) is 11.5 Å². The van der Waals surface area contributed by atoms with Gasteiger partial charge in [-0.15, -0.1) is 0 Å². The van der Waals surface area contributed by atoms with Crippen LogP contribution in [0.3, 0.4) is 0 Å². The molecule has 0 aliphatic rings. The van der Waals surface area contributed by atoms with Crippen LogP contribution < -0.4 is 14.8 Å².